The molecule has 62 valence electrons. The normalized spacial score (nSPS) is 47.9. The molecule has 1 saturated carbocycles. The fourth-order valence-electron chi connectivity index (χ4n) is 2.44. The van der Waals surface area contributed by atoms with E-state index in [1.807, 2.05) is 0 Å². The zero-order valence-corrected chi connectivity index (χ0v) is 10.1. The number of allylic oxidation sites excluding steroid dienone is 2. The van der Waals surface area contributed by atoms with Gasteiger partial charge in [-0.25, -0.2) is 0 Å². The second-order valence-electron chi connectivity index (χ2n) is 4.08. The van der Waals surface area contributed by atoms with Gasteiger partial charge in [0, 0.05) is 10.2 Å². The van der Waals surface area contributed by atoms with Gasteiger partial charge >= 0.3 is 0 Å². The standard InChI is InChI=1S/C8H12Cl2Si/c9-7(10)6-4-8(11)2-1-5(6)3-8/h1-2,5-7H,3-4H2,11H3. The van der Waals surface area contributed by atoms with Gasteiger partial charge in [0.2, 0.25) is 0 Å². The summed E-state index contributed by atoms with van der Waals surface area (Å²) >= 11 is 11.8. The SMILES string of the molecule is [SiH3]C12C=CC(C1)C(C(Cl)Cl)C2. The molecule has 0 radical (unpaired) electrons. The van der Waals surface area contributed by atoms with Gasteiger partial charge in [-0.05, 0) is 29.7 Å². The quantitative estimate of drug-likeness (QED) is 0.350. The minimum absolute atomic E-state index is 0.152. The van der Waals surface area contributed by atoms with Crippen LogP contribution in [0.4, 0.5) is 0 Å². The third kappa shape index (κ3) is 1.28. The Morgan fingerprint density at radius 3 is 2.45 bits per heavy atom. The van der Waals surface area contributed by atoms with Gasteiger partial charge < -0.3 is 0 Å². The molecule has 0 aliphatic heterocycles. The van der Waals surface area contributed by atoms with Crippen molar-refractivity contribution < 1.29 is 0 Å². The van der Waals surface area contributed by atoms with E-state index in [2.05, 4.69) is 12.2 Å². The van der Waals surface area contributed by atoms with Gasteiger partial charge in [0.1, 0.15) is 4.84 Å². The van der Waals surface area contributed by atoms with Crippen LogP contribution in [0, 0.1) is 11.8 Å². The molecule has 0 saturated heterocycles. The minimum atomic E-state index is -0.152. The van der Waals surface area contributed by atoms with Crippen LogP contribution >= 0.6 is 23.2 Å². The molecule has 2 aliphatic rings. The van der Waals surface area contributed by atoms with Crippen molar-refractivity contribution in [3.63, 3.8) is 0 Å². The highest BCUT2D eigenvalue weighted by molar-refractivity contribution is 6.44. The number of hydrogen-bond acceptors (Lipinski definition) is 0. The maximum atomic E-state index is 5.89. The summed E-state index contributed by atoms with van der Waals surface area (Å²) in [5, 5.41) is 0.553. The number of halogens is 2. The Morgan fingerprint density at radius 2 is 2.18 bits per heavy atom. The van der Waals surface area contributed by atoms with E-state index in [4.69, 9.17) is 23.2 Å². The van der Waals surface area contributed by atoms with E-state index in [-0.39, 0.29) is 4.84 Å². The highest BCUT2D eigenvalue weighted by atomic mass is 35.5. The molecule has 0 heterocycles. The fourth-order valence-corrected chi connectivity index (χ4v) is 4.13. The van der Waals surface area contributed by atoms with Crippen LogP contribution in [-0.4, -0.2) is 15.1 Å². The van der Waals surface area contributed by atoms with E-state index in [0.717, 1.165) is 0 Å². The van der Waals surface area contributed by atoms with Gasteiger partial charge in [0.15, 0.2) is 0 Å². The highest BCUT2D eigenvalue weighted by Gasteiger charge is 2.45. The lowest BCUT2D eigenvalue weighted by Gasteiger charge is -2.22. The van der Waals surface area contributed by atoms with Gasteiger partial charge in [0.05, 0.1) is 0 Å². The molecule has 2 aliphatic carbocycles. The summed E-state index contributed by atoms with van der Waals surface area (Å²) in [5.41, 5.74) is 0. The first-order valence-corrected chi connectivity index (χ1v) is 5.95. The highest BCUT2D eigenvalue weighted by Crippen LogP contribution is 2.57. The lowest BCUT2D eigenvalue weighted by atomic mass is 9.95. The third-order valence-corrected chi connectivity index (χ3v) is 4.82. The second-order valence-corrected chi connectivity index (χ2v) is 7.24. The summed E-state index contributed by atoms with van der Waals surface area (Å²) in [5.74, 6) is 1.23. The summed E-state index contributed by atoms with van der Waals surface area (Å²) in [6.07, 6.45) is 7.26. The summed E-state index contributed by atoms with van der Waals surface area (Å²) in [6, 6.07) is 0. The molecule has 3 heteroatoms. The molecule has 0 amide bonds. The van der Waals surface area contributed by atoms with Crippen molar-refractivity contribution in [1.82, 2.24) is 0 Å². The first-order chi connectivity index (χ1) is 5.11. The molecule has 0 spiro atoms. The Balaban J connectivity index is 2.17. The molecule has 2 bridgehead atoms. The lowest BCUT2D eigenvalue weighted by Crippen LogP contribution is -2.15. The molecule has 11 heavy (non-hydrogen) atoms. The van der Waals surface area contributed by atoms with E-state index < -0.39 is 0 Å². The van der Waals surface area contributed by atoms with Crippen molar-refractivity contribution in [2.45, 2.75) is 22.7 Å². The molecule has 0 aromatic heterocycles. The number of rotatable bonds is 1. The van der Waals surface area contributed by atoms with Gasteiger partial charge in [-0.3, -0.25) is 0 Å². The first kappa shape index (κ1) is 8.15. The monoisotopic (exact) mass is 206 g/mol. The topological polar surface area (TPSA) is 0 Å². The van der Waals surface area contributed by atoms with Gasteiger partial charge in [-0.15, -0.1) is 23.2 Å². The Hall–Kier alpha value is 0.537. The largest absolute Gasteiger partial charge is 0.111 e. The van der Waals surface area contributed by atoms with Crippen LogP contribution in [0.1, 0.15) is 12.8 Å². The van der Waals surface area contributed by atoms with E-state index in [9.17, 15) is 0 Å². The molecule has 2 rings (SSSR count). The Bertz CT molecular complexity index is 202. The third-order valence-electron chi connectivity index (χ3n) is 3.02. The van der Waals surface area contributed by atoms with Gasteiger partial charge in [-0.2, -0.15) is 0 Å². The summed E-state index contributed by atoms with van der Waals surface area (Å²) in [4.78, 5) is -0.152. The molecule has 3 atom stereocenters. The molecule has 0 aromatic rings. The van der Waals surface area contributed by atoms with Crippen LogP contribution in [0.2, 0.25) is 5.04 Å². The number of alkyl halides is 2. The van der Waals surface area contributed by atoms with Crippen LogP contribution < -0.4 is 0 Å². The van der Waals surface area contributed by atoms with Crippen LogP contribution in [0.15, 0.2) is 12.2 Å². The predicted molar refractivity (Wildman–Crippen MR) is 53.5 cm³/mol. The van der Waals surface area contributed by atoms with E-state index in [1.165, 1.54) is 23.1 Å². The van der Waals surface area contributed by atoms with Crippen LogP contribution in [-0.2, 0) is 0 Å². The molecule has 1 fully saturated rings. The zero-order valence-electron chi connectivity index (χ0n) is 6.56. The molecular weight excluding hydrogens is 195 g/mol. The van der Waals surface area contributed by atoms with E-state index in [1.54, 1.807) is 0 Å². The van der Waals surface area contributed by atoms with Crippen LogP contribution in [0.5, 0.6) is 0 Å². The number of hydrogen-bond donors (Lipinski definition) is 0. The van der Waals surface area contributed by atoms with Crippen molar-refractivity contribution in [2.24, 2.45) is 11.8 Å². The Kier molecular flexibility index (Phi) is 1.86. The summed E-state index contributed by atoms with van der Waals surface area (Å²) < 4.78 is 0. The first-order valence-electron chi connectivity index (χ1n) is 4.08. The average molecular weight is 207 g/mol. The second kappa shape index (κ2) is 2.51. The lowest BCUT2D eigenvalue weighted by molar-refractivity contribution is 0.480. The molecule has 3 unspecified atom stereocenters. The van der Waals surface area contributed by atoms with Gasteiger partial charge in [0.25, 0.3) is 0 Å². The molecule has 0 aromatic carbocycles. The Labute approximate surface area is 80.4 Å². The maximum Gasteiger partial charge on any atom is 0.111 e. The maximum absolute atomic E-state index is 5.89. The summed E-state index contributed by atoms with van der Waals surface area (Å²) in [7, 11) is 1.25. The molecule has 0 nitrogen and oxygen atoms in total. The minimum Gasteiger partial charge on any atom is -0.105 e. The van der Waals surface area contributed by atoms with Crippen LogP contribution in [0.25, 0.3) is 0 Å². The van der Waals surface area contributed by atoms with Crippen LogP contribution in [0.3, 0.4) is 0 Å². The van der Waals surface area contributed by atoms with Crippen molar-refractivity contribution in [2.75, 3.05) is 0 Å². The van der Waals surface area contributed by atoms with Crippen molar-refractivity contribution >= 4 is 33.4 Å². The smallest absolute Gasteiger partial charge is 0.105 e. The van der Waals surface area contributed by atoms with Crippen molar-refractivity contribution in [3.8, 4) is 0 Å². The van der Waals surface area contributed by atoms with Crippen molar-refractivity contribution in [1.29, 1.82) is 0 Å². The van der Waals surface area contributed by atoms with E-state index in [0.29, 0.717) is 16.9 Å². The summed E-state index contributed by atoms with van der Waals surface area (Å²) in [6.45, 7) is 0. The van der Waals surface area contributed by atoms with E-state index >= 15 is 0 Å². The molecular formula is C8H12Cl2Si. The average Bonchev–Trinajstić information content (AvgIpc) is 2.41. The zero-order chi connectivity index (χ0) is 8.06. The van der Waals surface area contributed by atoms with Gasteiger partial charge in [-0.1, -0.05) is 12.2 Å². The molecule has 0 N–H and O–H groups in total. The van der Waals surface area contributed by atoms with Crippen molar-refractivity contribution in [3.05, 3.63) is 12.2 Å². The number of fused-ring (bicyclic) bond motifs is 2. The predicted octanol–water partition coefficient (Wildman–Crippen LogP) is 1.91. The fraction of sp³-hybridized carbons (Fsp3) is 0.750. The Morgan fingerprint density at radius 1 is 1.45 bits per heavy atom.